The van der Waals surface area contributed by atoms with Crippen LogP contribution < -0.4 is 10.1 Å². The molecule has 1 N–H and O–H groups in total. The monoisotopic (exact) mass is 367 g/mol. The van der Waals surface area contributed by atoms with Crippen LogP contribution in [0.5, 0.6) is 5.75 Å². The van der Waals surface area contributed by atoms with Gasteiger partial charge in [-0.3, -0.25) is 4.79 Å². The molecule has 110 valence electrons. The molecule has 3 nitrogen and oxygen atoms in total. The lowest BCUT2D eigenvalue weighted by molar-refractivity contribution is -0.122. The largest absolute Gasteiger partial charge is 0.481 e. The maximum Gasteiger partial charge on any atom is 0.265 e. The highest BCUT2D eigenvalue weighted by atomic mass is 79.9. The molecule has 0 aliphatic rings. The lowest BCUT2D eigenvalue weighted by atomic mass is 10.2. The third kappa shape index (κ3) is 4.48. The first-order chi connectivity index (χ1) is 9.95. The van der Waals surface area contributed by atoms with E-state index in [-0.39, 0.29) is 5.91 Å². The number of carbonyl (C=O) groups excluding carboxylic acids is 1. The van der Waals surface area contributed by atoms with E-state index in [2.05, 4.69) is 21.2 Å². The van der Waals surface area contributed by atoms with Crippen molar-refractivity contribution >= 4 is 39.1 Å². The number of ether oxygens (including phenoxy) is 1. The first kappa shape index (κ1) is 15.9. The number of rotatable bonds is 4. The van der Waals surface area contributed by atoms with Crippen LogP contribution in [0, 0.1) is 6.92 Å². The van der Waals surface area contributed by atoms with E-state index in [1.165, 1.54) is 0 Å². The summed E-state index contributed by atoms with van der Waals surface area (Å²) < 4.78 is 6.56. The minimum Gasteiger partial charge on any atom is -0.481 e. The molecule has 0 saturated carbocycles. The summed E-state index contributed by atoms with van der Waals surface area (Å²) in [6, 6.07) is 12.6. The molecule has 2 aromatic rings. The maximum absolute atomic E-state index is 12.1. The van der Waals surface area contributed by atoms with Crippen molar-refractivity contribution < 1.29 is 9.53 Å². The van der Waals surface area contributed by atoms with Gasteiger partial charge >= 0.3 is 0 Å². The Hall–Kier alpha value is -1.52. The number of hydrogen-bond acceptors (Lipinski definition) is 2. The molecule has 0 bridgehead atoms. The molecule has 0 aromatic heterocycles. The second kappa shape index (κ2) is 6.96. The van der Waals surface area contributed by atoms with Crippen LogP contribution in [0.1, 0.15) is 12.5 Å². The highest BCUT2D eigenvalue weighted by molar-refractivity contribution is 9.10. The number of carbonyl (C=O) groups is 1. The van der Waals surface area contributed by atoms with E-state index < -0.39 is 6.10 Å². The zero-order valence-corrected chi connectivity index (χ0v) is 14.0. The Morgan fingerprint density at radius 2 is 1.90 bits per heavy atom. The normalized spacial score (nSPS) is 11.8. The summed E-state index contributed by atoms with van der Waals surface area (Å²) in [6.45, 7) is 3.64. The van der Waals surface area contributed by atoms with Crippen LogP contribution in [0.4, 0.5) is 5.69 Å². The van der Waals surface area contributed by atoms with Crippen molar-refractivity contribution in [2.45, 2.75) is 20.0 Å². The lowest BCUT2D eigenvalue weighted by Gasteiger charge is -2.16. The van der Waals surface area contributed by atoms with Crippen LogP contribution in [-0.4, -0.2) is 12.0 Å². The molecule has 0 aliphatic heterocycles. The second-order valence-corrected chi connectivity index (χ2v) is 6.01. The summed E-state index contributed by atoms with van der Waals surface area (Å²) in [5.74, 6) is 0.407. The van der Waals surface area contributed by atoms with Gasteiger partial charge in [0.15, 0.2) is 6.10 Å². The third-order valence-corrected chi connectivity index (χ3v) is 3.69. The summed E-state index contributed by atoms with van der Waals surface area (Å²) in [7, 11) is 0. The summed E-state index contributed by atoms with van der Waals surface area (Å²) in [5.41, 5.74) is 1.76. The number of benzene rings is 2. The molecule has 0 fully saturated rings. The molecule has 2 aromatic carbocycles. The van der Waals surface area contributed by atoms with E-state index in [0.717, 1.165) is 15.7 Å². The molecule has 1 amide bonds. The van der Waals surface area contributed by atoms with Crippen LogP contribution in [0.25, 0.3) is 0 Å². The number of nitrogens with one attached hydrogen (secondary N) is 1. The van der Waals surface area contributed by atoms with Gasteiger partial charge in [-0.1, -0.05) is 27.5 Å². The molecule has 0 saturated heterocycles. The van der Waals surface area contributed by atoms with E-state index in [1.807, 2.05) is 25.1 Å². The van der Waals surface area contributed by atoms with Crippen molar-refractivity contribution in [2.24, 2.45) is 0 Å². The van der Waals surface area contributed by atoms with Gasteiger partial charge in [-0.05, 0) is 61.9 Å². The second-order valence-electron chi connectivity index (χ2n) is 4.66. The number of halogens is 2. The van der Waals surface area contributed by atoms with Crippen molar-refractivity contribution in [3.05, 3.63) is 57.5 Å². The van der Waals surface area contributed by atoms with E-state index in [1.54, 1.807) is 31.2 Å². The van der Waals surface area contributed by atoms with E-state index in [9.17, 15) is 4.79 Å². The van der Waals surface area contributed by atoms with Gasteiger partial charge in [0.1, 0.15) is 5.75 Å². The molecule has 1 unspecified atom stereocenters. The fraction of sp³-hybridized carbons (Fsp3) is 0.188. The van der Waals surface area contributed by atoms with Gasteiger partial charge in [0, 0.05) is 15.2 Å². The van der Waals surface area contributed by atoms with Crippen LogP contribution in [-0.2, 0) is 4.79 Å². The minimum absolute atomic E-state index is 0.199. The van der Waals surface area contributed by atoms with E-state index in [0.29, 0.717) is 10.8 Å². The molecule has 1 atom stereocenters. The Balaban J connectivity index is 2.00. The predicted octanol–water partition coefficient (Wildman–Crippen LogP) is 4.82. The van der Waals surface area contributed by atoms with Gasteiger partial charge in [-0.2, -0.15) is 0 Å². The molecule has 2 rings (SSSR count). The molecule has 21 heavy (non-hydrogen) atoms. The summed E-state index contributed by atoms with van der Waals surface area (Å²) >= 11 is 9.20. The lowest BCUT2D eigenvalue weighted by Crippen LogP contribution is -2.30. The standard InChI is InChI=1S/C16H15BrClNO2/c1-10-9-12(17)3-8-15(10)19-16(20)11(2)21-14-6-4-13(18)5-7-14/h3-9,11H,1-2H3,(H,19,20). The average molecular weight is 369 g/mol. The number of amides is 1. The molecule has 0 aliphatic carbocycles. The minimum atomic E-state index is -0.603. The topological polar surface area (TPSA) is 38.3 Å². The summed E-state index contributed by atoms with van der Waals surface area (Å²) in [4.78, 5) is 12.1. The Bertz CT molecular complexity index is 643. The highest BCUT2D eigenvalue weighted by Crippen LogP contribution is 2.21. The number of hydrogen-bond donors (Lipinski definition) is 1. The number of aryl methyl sites for hydroxylation is 1. The zero-order valence-electron chi connectivity index (χ0n) is 11.7. The van der Waals surface area contributed by atoms with Gasteiger partial charge in [0.2, 0.25) is 0 Å². The molecular weight excluding hydrogens is 354 g/mol. The SMILES string of the molecule is Cc1cc(Br)ccc1NC(=O)C(C)Oc1ccc(Cl)cc1. The van der Waals surface area contributed by atoms with Gasteiger partial charge < -0.3 is 10.1 Å². The average Bonchev–Trinajstić information content (AvgIpc) is 2.44. The maximum atomic E-state index is 12.1. The van der Waals surface area contributed by atoms with Crippen LogP contribution in [0.3, 0.4) is 0 Å². The molecule has 0 radical (unpaired) electrons. The summed E-state index contributed by atoms with van der Waals surface area (Å²) in [6.07, 6.45) is -0.603. The van der Waals surface area contributed by atoms with Crippen LogP contribution in [0.2, 0.25) is 5.02 Å². The first-order valence-corrected chi connectivity index (χ1v) is 7.62. The van der Waals surface area contributed by atoms with Crippen molar-refractivity contribution in [3.8, 4) is 5.75 Å². The molecule has 5 heteroatoms. The molecule has 0 spiro atoms. The fourth-order valence-corrected chi connectivity index (χ4v) is 2.37. The van der Waals surface area contributed by atoms with Gasteiger partial charge in [-0.15, -0.1) is 0 Å². The van der Waals surface area contributed by atoms with Gasteiger partial charge in [0.05, 0.1) is 0 Å². The Labute approximate surface area is 137 Å². The fourth-order valence-electron chi connectivity index (χ4n) is 1.77. The molecular formula is C16H15BrClNO2. The number of anilines is 1. The quantitative estimate of drug-likeness (QED) is 0.840. The Morgan fingerprint density at radius 3 is 2.52 bits per heavy atom. The third-order valence-electron chi connectivity index (χ3n) is 2.94. The molecule has 0 heterocycles. The van der Waals surface area contributed by atoms with E-state index >= 15 is 0 Å². The highest BCUT2D eigenvalue weighted by Gasteiger charge is 2.15. The van der Waals surface area contributed by atoms with Gasteiger partial charge in [-0.25, -0.2) is 0 Å². The van der Waals surface area contributed by atoms with E-state index in [4.69, 9.17) is 16.3 Å². The van der Waals surface area contributed by atoms with Crippen molar-refractivity contribution in [3.63, 3.8) is 0 Å². The van der Waals surface area contributed by atoms with Gasteiger partial charge in [0.25, 0.3) is 5.91 Å². The Kier molecular flexibility index (Phi) is 5.26. The Morgan fingerprint density at radius 1 is 1.24 bits per heavy atom. The first-order valence-electron chi connectivity index (χ1n) is 6.45. The van der Waals surface area contributed by atoms with Crippen molar-refractivity contribution in [1.82, 2.24) is 0 Å². The predicted molar refractivity (Wildman–Crippen MR) is 89.1 cm³/mol. The zero-order chi connectivity index (χ0) is 15.4. The van der Waals surface area contributed by atoms with Crippen molar-refractivity contribution in [2.75, 3.05) is 5.32 Å². The summed E-state index contributed by atoms with van der Waals surface area (Å²) in [5, 5.41) is 3.49. The van der Waals surface area contributed by atoms with Crippen molar-refractivity contribution in [1.29, 1.82) is 0 Å². The smallest absolute Gasteiger partial charge is 0.265 e. The van der Waals surface area contributed by atoms with Crippen LogP contribution in [0.15, 0.2) is 46.9 Å². The van der Waals surface area contributed by atoms with Crippen LogP contribution >= 0.6 is 27.5 Å².